The topological polar surface area (TPSA) is 60.2 Å². The minimum atomic E-state index is -0.828. The molecule has 28 heavy (non-hydrogen) atoms. The third-order valence-corrected chi connectivity index (χ3v) is 7.27. The molecular weight excluding hydrogens is 350 g/mol. The van der Waals surface area contributed by atoms with Crippen LogP contribution in [0.25, 0.3) is 0 Å². The van der Waals surface area contributed by atoms with Crippen LogP contribution in [0, 0.1) is 5.92 Å². The van der Waals surface area contributed by atoms with Gasteiger partial charge >= 0.3 is 11.7 Å². The molecule has 148 valence electrons. The number of amides is 1. The molecule has 1 aliphatic carbocycles. The maximum atomic E-state index is 13.5. The number of fused-ring (bicyclic) bond motifs is 2. The number of piperidine rings is 1. The van der Waals surface area contributed by atoms with Crippen LogP contribution in [0.15, 0.2) is 36.5 Å². The third kappa shape index (κ3) is 2.79. The second-order valence-corrected chi connectivity index (χ2v) is 8.73. The highest BCUT2D eigenvalue weighted by Crippen LogP contribution is 2.47. The summed E-state index contributed by atoms with van der Waals surface area (Å²) in [6.07, 6.45) is 10.2. The molecule has 2 aromatic rings. The Morgan fingerprint density at radius 1 is 1.14 bits per heavy atom. The molecule has 3 aliphatic rings. The minimum Gasteiger partial charge on any atom is -0.385 e. The Hall–Kier alpha value is -2.14. The van der Waals surface area contributed by atoms with Crippen molar-refractivity contribution in [3.63, 3.8) is 0 Å². The molecule has 0 bridgehead atoms. The number of carbonyl (C=O) groups is 1. The fraction of sp³-hybridized carbons (Fsp3) is 0.565. The van der Waals surface area contributed by atoms with Gasteiger partial charge in [-0.25, -0.2) is 9.55 Å². The Kier molecular flexibility index (Phi) is 4.50. The number of aryl methyl sites for hydroxylation is 1. The molecule has 5 heteroatoms. The van der Waals surface area contributed by atoms with E-state index in [0.29, 0.717) is 13.0 Å². The number of likely N-dealkylation sites (tertiary alicyclic amines) is 1. The number of H-pyrrole nitrogens is 1. The summed E-state index contributed by atoms with van der Waals surface area (Å²) < 4.78 is 2.18. The fourth-order valence-electron chi connectivity index (χ4n) is 5.82. The number of nitrogens with zero attached hydrogens (tertiary/aromatic N) is 2. The van der Waals surface area contributed by atoms with Crippen molar-refractivity contribution in [2.24, 2.45) is 5.92 Å². The molecule has 1 saturated carbocycles. The van der Waals surface area contributed by atoms with Crippen LogP contribution in [0.3, 0.4) is 0 Å². The second kappa shape index (κ2) is 7.03. The van der Waals surface area contributed by atoms with Gasteiger partial charge in [0.15, 0.2) is 0 Å². The lowest BCUT2D eigenvalue weighted by Crippen LogP contribution is -2.60. The van der Waals surface area contributed by atoms with Crippen LogP contribution in [0.2, 0.25) is 0 Å². The summed E-state index contributed by atoms with van der Waals surface area (Å²) in [7, 11) is 0. The standard InChI is InChI=1S/C23H29N3O2/c27-22(21-24-16-18-10-6-7-14-25(18)21)26-15-13-23(28,17-8-2-1-3-9-17)19-11-4-5-12-20(19)26/h1-3,8-9,16,19-20,28H,4-7,10-15H2/p+1/t19-,20+,23-/m0/s1. The average Bonchev–Trinajstić information content (AvgIpc) is 3.19. The Labute approximate surface area is 166 Å². The average molecular weight is 381 g/mol. The van der Waals surface area contributed by atoms with E-state index in [0.717, 1.165) is 56.5 Å². The highest BCUT2D eigenvalue weighted by molar-refractivity contribution is 5.89. The predicted octanol–water partition coefficient (Wildman–Crippen LogP) is 2.93. The van der Waals surface area contributed by atoms with E-state index < -0.39 is 5.60 Å². The maximum absolute atomic E-state index is 13.5. The van der Waals surface area contributed by atoms with Crippen LogP contribution in [0.1, 0.15) is 66.8 Å². The fourth-order valence-corrected chi connectivity index (χ4v) is 5.82. The number of hydrogen-bond donors (Lipinski definition) is 2. The Bertz CT molecular complexity index is 862. The molecule has 0 radical (unpaired) electrons. The number of aromatic amines is 1. The molecule has 5 nitrogen and oxygen atoms in total. The van der Waals surface area contributed by atoms with E-state index in [1.165, 1.54) is 12.1 Å². The molecule has 1 saturated heterocycles. The molecule has 0 unspecified atom stereocenters. The highest BCUT2D eigenvalue weighted by atomic mass is 16.3. The number of aromatic nitrogens is 2. The molecule has 2 N–H and O–H groups in total. The monoisotopic (exact) mass is 380 g/mol. The molecule has 1 aromatic carbocycles. The Morgan fingerprint density at radius 3 is 2.82 bits per heavy atom. The molecule has 2 fully saturated rings. The van der Waals surface area contributed by atoms with Gasteiger partial charge in [-0.15, -0.1) is 0 Å². The van der Waals surface area contributed by atoms with Gasteiger partial charge in [0.1, 0.15) is 11.9 Å². The van der Waals surface area contributed by atoms with Gasteiger partial charge in [-0.2, -0.15) is 0 Å². The van der Waals surface area contributed by atoms with Crippen molar-refractivity contribution in [3.8, 4) is 0 Å². The van der Waals surface area contributed by atoms with Crippen molar-refractivity contribution >= 4 is 5.91 Å². The minimum absolute atomic E-state index is 0.108. The van der Waals surface area contributed by atoms with Crippen LogP contribution < -0.4 is 4.57 Å². The quantitative estimate of drug-likeness (QED) is 0.787. The zero-order valence-corrected chi connectivity index (χ0v) is 16.4. The van der Waals surface area contributed by atoms with Gasteiger partial charge < -0.3 is 10.0 Å². The van der Waals surface area contributed by atoms with Crippen molar-refractivity contribution in [2.45, 2.75) is 69.6 Å². The number of nitrogens with one attached hydrogen (secondary N) is 1. The van der Waals surface area contributed by atoms with Crippen LogP contribution >= 0.6 is 0 Å². The van der Waals surface area contributed by atoms with Crippen LogP contribution in [-0.2, 0) is 18.6 Å². The lowest BCUT2D eigenvalue weighted by Gasteiger charge is -2.52. The molecule has 1 amide bonds. The SMILES string of the molecule is O=C(c1[nH]cc2[n+]1CCCC2)N1CC[C@](O)(c2ccccc2)[C@H]2CCCC[C@H]21. The van der Waals surface area contributed by atoms with E-state index in [1.54, 1.807) is 0 Å². The second-order valence-electron chi connectivity index (χ2n) is 8.73. The molecule has 3 atom stereocenters. The van der Waals surface area contributed by atoms with Crippen LogP contribution in [0.5, 0.6) is 0 Å². The van der Waals surface area contributed by atoms with Gasteiger partial charge in [-0.1, -0.05) is 43.2 Å². The molecule has 2 aliphatic heterocycles. The summed E-state index contributed by atoms with van der Waals surface area (Å²) >= 11 is 0. The van der Waals surface area contributed by atoms with E-state index in [-0.39, 0.29) is 17.9 Å². The van der Waals surface area contributed by atoms with Gasteiger partial charge in [0.05, 0.1) is 12.1 Å². The van der Waals surface area contributed by atoms with Crippen molar-refractivity contribution in [1.82, 2.24) is 9.88 Å². The highest BCUT2D eigenvalue weighted by Gasteiger charge is 2.51. The molecular formula is C23H30N3O2+. The maximum Gasteiger partial charge on any atom is 0.346 e. The van der Waals surface area contributed by atoms with Gasteiger partial charge in [0.25, 0.3) is 0 Å². The molecule has 3 heterocycles. The predicted molar refractivity (Wildman–Crippen MR) is 106 cm³/mol. The van der Waals surface area contributed by atoms with Crippen LogP contribution in [-0.4, -0.2) is 33.5 Å². The summed E-state index contributed by atoms with van der Waals surface area (Å²) in [4.78, 5) is 18.9. The summed E-state index contributed by atoms with van der Waals surface area (Å²) in [6, 6.07) is 10.2. The summed E-state index contributed by atoms with van der Waals surface area (Å²) in [5.74, 6) is 0.946. The third-order valence-electron chi connectivity index (χ3n) is 7.27. The van der Waals surface area contributed by atoms with Gasteiger partial charge in [0, 0.05) is 24.9 Å². The van der Waals surface area contributed by atoms with Crippen molar-refractivity contribution in [2.75, 3.05) is 6.54 Å². The largest absolute Gasteiger partial charge is 0.385 e. The normalized spacial score (nSPS) is 29.8. The number of benzene rings is 1. The van der Waals surface area contributed by atoms with Crippen LogP contribution in [0.4, 0.5) is 0 Å². The first kappa shape index (κ1) is 17.9. The van der Waals surface area contributed by atoms with Crippen molar-refractivity contribution in [1.29, 1.82) is 0 Å². The van der Waals surface area contributed by atoms with E-state index in [1.807, 2.05) is 36.5 Å². The van der Waals surface area contributed by atoms with Gasteiger partial charge in [-0.05, 0) is 37.7 Å². The Balaban J connectivity index is 1.46. The molecule has 1 aromatic heterocycles. The number of aliphatic hydroxyl groups is 1. The van der Waals surface area contributed by atoms with Crippen molar-refractivity contribution < 1.29 is 14.5 Å². The zero-order chi connectivity index (χ0) is 19.1. The Morgan fingerprint density at radius 2 is 1.96 bits per heavy atom. The molecule has 5 rings (SSSR count). The van der Waals surface area contributed by atoms with E-state index in [4.69, 9.17) is 0 Å². The van der Waals surface area contributed by atoms with E-state index >= 15 is 0 Å². The number of imidazole rings is 1. The lowest BCUT2D eigenvalue weighted by molar-refractivity contribution is -0.709. The molecule has 0 spiro atoms. The van der Waals surface area contributed by atoms with Gasteiger partial charge in [-0.3, -0.25) is 4.79 Å². The summed E-state index contributed by atoms with van der Waals surface area (Å²) in [5, 5.41) is 11.7. The number of hydrogen-bond acceptors (Lipinski definition) is 2. The van der Waals surface area contributed by atoms with Crippen molar-refractivity contribution in [3.05, 3.63) is 53.6 Å². The summed E-state index contributed by atoms with van der Waals surface area (Å²) in [6.45, 7) is 1.54. The number of carbonyl (C=O) groups excluding carboxylic acids is 1. The first-order valence-corrected chi connectivity index (χ1v) is 10.9. The lowest BCUT2D eigenvalue weighted by atomic mass is 9.66. The number of rotatable bonds is 2. The smallest absolute Gasteiger partial charge is 0.346 e. The first-order valence-electron chi connectivity index (χ1n) is 10.9. The van der Waals surface area contributed by atoms with E-state index in [9.17, 15) is 9.90 Å². The zero-order valence-electron chi connectivity index (χ0n) is 16.4. The van der Waals surface area contributed by atoms with E-state index in [2.05, 4.69) is 14.5 Å². The van der Waals surface area contributed by atoms with Gasteiger partial charge in [0.2, 0.25) is 0 Å². The first-order chi connectivity index (χ1) is 13.7. The summed E-state index contributed by atoms with van der Waals surface area (Å²) in [5.41, 5.74) is 1.42.